The summed E-state index contributed by atoms with van der Waals surface area (Å²) in [5.74, 6) is -0.761. The van der Waals surface area contributed by atoms with E-state index in [-0.39, 0.29) is 17.1 Å². The minimum atomic E-state index is -2.67. The fraction of sp³-hybridized carbons (Fsp3) is 0.526. The molecule has 1 aromatic rings. The largest absolute Gasteiger partial charge is 0.478 e. The Bertz CT molecular complexity index is 631. The molecule has 4 atom stereocenters. The van der Waals surface area contributed by atoms with Gasteiger partial charge in [0, 0.05) is 12.2 Å². The van der Waals surface area contributed by atoms with E-state index in [4.69, 9.17) is 5.11 Å². The Morgan fingerprint density at radius 3 is 2.58 bits per heavy atom. The minimum Gasteiger partial charge on any atom is -0.478 e. The van der Waals surface area contributed by atoms with Crippen LogP contribution in [-0.4, -0.2) is 45.9 Å². The molecule has 144 valence electrons. The summed E-state index contributed by atoms with van der Waals surface area (Å²) < 4.78 is 11.7. The lowest BCUT2D eigenvalue weighted by Crippen LogP contribution is -2.32. The summed E-state index contributed by atoms with van der Waals surface area (Å²) in [5.41, 5.74) is 0.953. The molecule has 0 aliphatic heterocycles. The summed E-state index contributed by atoms with van der Waals surface area (Å²) in [6.07, 6.45) is 7.23. The van der Waals surface area contributed by atoms with Crippen LogP contribution in [0.2, 0.25) is 0 Å². The monoisotopic (exact) mass is 381 g/mol. The van der Waals surface area contributed by atoms with Gasteiger partial charge in [0.15, 0.2) is 8.03 Å². The van der Waals surface area contributed by atoms with Gasteiger partial charge in [0.2, 0.25) is 0 Å². The van der Waals surface area contributed by atoms with Crippen LogP contribution in [0.1, 0.15) is 41.6 Å². The third kappa shape index (κ3) is 6.69. The zero-order valence-electron chi connectivity index (χ0n) is 14.8. The average molecular weight is 381 g/mol. The van der Waals surface area contributed by atoms with Gasteiger partial charge in [0.05, 0.1) is 11.7 Å². The van der Waals surface area contributed by atoms with Gasteiger partial charge in [-0.2, -0.15) is 0 Å². The van der Waals surface area contributed by atoms with E-state index in [1.165, 1.54) is 0 Å². The highest BCUT2D eigenvalue weighted by Gasteiger charge is 2.28. The quantitative estimate of drug-likeness (QED) is 0.282. The first kappa shape index (κ1) is 20.8. The fourth-order valence-electron chi connectivity index (χ4n) is 3.37. The van der Waals surface area contributed by atoms with Crippen molar-refractivity contribution in [1.82, 2.24) is 5.32 Å². The van der Waals surface area contributed by atoms with Crippen molar-refractivity contribution >= 4 is 14.0 Å². The third-order valence-corrected chi connectivity index (χ3v) is 6.23. The van der Waals surface area contributed by atoms with Crippen LogP contribution in [0.4, 0.5) is 0 Å². The molecule has 6 nitrogen and oxygen atoms in total. The van der Waals surface area contributed by atoms with Gasteiger partial charge in [-0.25, -0.2) is 4.79 Å². The molecule has 1 aliphatic rings. The number of carboxylic acids is 1. The Balaban J connectivity index is 1.71. The number of aromatic carboxylic acids is 1. The number of allylic oxidation sites excluding steroid dienone is 2. The van der Waals surface area contributed by atoms with Crippen molar-refractivity contribution in [1.29, 1.82) is 0 Å². The summed E-state index contributed by atoms with van der Waals surface area (Å²) in [7, 11) is -2.67. The molecule has 0 amide bonds. The summed E-state index contributed by atoms with van der Waals surface area (Å²) >= 11 is 0. The maximum absolute atomic E-state index is 11.7. The van der Waals surface area contributed by atoms with E-state index < -0.39 is 20.1 Å². The van der Waals surface area contributed by atoms with Gasteiger partial charge in [-0.3, -0.25) is 4.57 Å². The van der Waals surface area contributed by atoms with Gasteiger partial charge in [-0.1, -0.05) is 24.3 Å². The van der Waals surface area contributed by atoms with E-state index in [1.54, 1.807) is 24.3 Å². The summed E-state index contributed by atoms with van der Waals surface area (Å²) in [5, 5.41) is 22.3. The molecule has 0 bridgehead atoms. The average Bonchev–Trinajstić information content (AvgIpc) is 2.64. The fourth-order valence-corrected chi connectivity index (χ4v) is 4.55. The van der Waals surface area contributed by atoms with Crippen molar-refractivity contribution < 1.29 is 24.5 Å². The molecular formula is C19H28NO5P. The number of carbonyl (C=O) groups is 1. The van der Waals surface area contributed by atoms with Crippen molar-refractivity contribution in [2.24, 2.45) is 5.92 Å². The van der Waals surface area contributed by atoms with E-state index in [9.17, 15) is 19.4 Å². The molecule has 0 aromatic heterocycles. The van der Waals surface area contributed by atoms with E-state index >= 15 is 0 Å². The van der Waals surface area contributed by atoms with Crippen LogP contribution in [0, 0.1) is 5.92 Å². The summed E-state index contributed by atoms with van der Waals surface area (Å²) in [6, 6.07) is 6.72. The molecule has 1 aliphatic carbocycles. The van der Waals surface area contributed by atoms with Gasteiger partial charge in [0.25, 0.3) is 0 Å². The first-order valence-corrected chi connectivity index (χ1v) is 10.5. The van der Waals surface area contributed by atoms with Crippen LogP contribution < -0.4 is 5.32 Å². The molecule has 0 radical (unpaired) electrons. The van der Waals surface area contributed by atoms with Crippen LogP contribution in [0.5, 0.6) is 0 Å². The Morgan fingerprint density at radius 2 is 2.00 bits per heavy atom. The molecule has 7 heteroatoms. The molecule has 1 aromatic carbocycles. The van der Waals surface area contributed by atoms with E-state index in [0.717, 1.165) is 31.2 Å². The number of hydrogen-bond acceptors (Lipinski definition) is 4. The Labute approximate surface area is 154 Å². The van der Waals surface area contributed by atoms with Crippen LogP contribution in [0.25, 0.3) is 0 Å². The number of hydrogen-bond donors (Lipinski definition) is 4. The van der Waals surface area contributed by atoms with Crippen molar-refractivity contribution in [3.63, 3.8) is 0 Å². The standard InChI is InChI=1S/C19H28NO5P/c21-17(12-18(26(24)25)15-4-2-1-3-5-15)13-20-11-10-14-6-8-16(9-7-14)19(22)23/h1-2,6-9,15,17-18,20-21,26H,3-5,10-13H2,(H,22,23)(H,24,25)/t15?,17-,18-/m0/s1. The van der Waals surface area contributed by atoms with Crippen LogP contribution in [-0.2, 0) is 11.0 Å². The number of rotatable bonds is 10. The molecule has 0 saturated heterocycles. The highest BCUT2D eigenvalue weighted by molar-refractivity contribution is 7.38. The number of carboxylic acid groups (broad SMARTS) is 1. The van der Waals surface area contributed by atoms with Gasteiger partial charge >= 0.3 is 5.97 Å². The molecule has 0 fully saturated rings. The molecule has 0 saturated carbocycles. The Morgan fingerprint density at radius 1 is 1.27 bits per heavy atom. The molecule has 0 heterocycles. The number of benzene rings is 1. The topological polar surface area (TPSA) is 107 Å². The van der Waals surface area contributed by atoms with Crippen LogP contribution in [0.3, 0.4) is 0 Å². The zero-order valence-corrected chi connectivity index (χ0v) is 15.8. The SMILES string of the molecule is O=C(O)c1ccc(CCNC[C@@H](O)C[C@@H](C2CC=CCC2)[PH](=O)O)cc1. The zero-order chi connectivity index (χ0) is 18.9. The van der Waals surface area contributed by atoms with Crippen molar-refractivity contribution in [2.45, 2.75) is 43.9 Å². The first-order chi connectivity index (χ1) is 12.5. The maximum Gasteiger partial charge on any atom is 0.335 e. The molecule has 2 rings (SSSR count). The second-order valence-corrected chi connectivity index (χ2v) is 8.25. The van der Waals surface area contributed by atoms with E-state index in [1.807, 2.05) is 0 Å². The second-order valence-electron chi connectivity index (χ2n) is 6.83. The molecule has 4 N–H and O–H groups in total. The second kappa shape index (κ2) is 10.6. The van der Waals surface area contributed by atoms with Crippen molar-refractivity contribution in [2.75, 3.05) is 13.1 Å². The van der Waals surface area contributed by atoms with E-state index in [0.29, 0.717) is 19.5 Å². The predicted octanol–water partition coefficient (Wildman–Crippen LogP) is 2.46. The highest BCUT2D eigenvalue weighted by Crippen LogP contribution is 2.38. The Kier molecular flexibility index (Phi) is 8.52. The first-order valence-electron chi connectivity index (χ1n) is 9.06. The van der Waals surface area contributed by atoms with Gasteiger partial charge < -0.3 is 20.4 Å². The highest BCUT2D eigenvalue weighted by atomic mass is 31.1. The van der Waals surface area contributed by atoms with Crippen molar-refractivity contribution in [3.05, 3.63) is 47.5 Å². The molecule has 2 unspecified atom stereocenters. The third-order valence-electron chi connectivity index (χ3n) is 4.89. The van der Waals surface area contributed by atoms with Crippen molar-refractivity contribution in [3.8, 4) is 0 Å². The van der Waals surface area contributed by atoms with Crippen LogP contribution >= 0.6 is 8.03 Å². The van der Waals surface area contributed by atoms with E-state index in [2.05, 4.69) is 17.5 Å². The lowest BCUT2D eigenvalue weighted by Gasteiger charge is -2.27. The van der Waals surface area contributed by atoms with Gasteiger partial charge in [-0.15, -0.1) is 0 Å². The summed E-state index contributed by atoms with van der Waals surface area (Å²) in [6.45, 7) is 1.02. The molecule has 0 spiro atoms. The number of nitrogens with one attached hydrogen (secondary N) is 1. The normalized spacial score (nSPS) is 20.5. The molecule has 26 heavy (non-hydrogen) atoms. The Hall–Kier alpha value is -1.46. The van der Waals surface area contributed by atoms with Gasteiger partial charge in [-0.05, 0) is 62.3 Å². The lowest BCUT2D eigenvalue weighted by atomic mass is 9.89. The number of aliphatic hydroxyl groups excluding tert-OH is 1. The summed E-state index contributed by atoms with van der Waals surface area (Å²) in [4.78, 5) is 20.5. The molecular weight excluding hydrogens is 353 g/mol. The smallest absolute Gasteiger partial charge is 0.335 e. The number of aliphatic hydroxyl groups is 1. The van der Waals surface area contributed by atoms with Crippen LogP contribution in [0.15, 0.2) is 36.4 Å². The minimum absolute atomic E-state index is 0.179. The lowest BCUT2D eigenvalue weighted by molar-refractivity contribution is 0.0697. The maximum atomic E-state index is 11.7. The predicted molar refractivity (Wildman–Crippen MR) is 102 cm³/mol. The van der Waals surface area contributed by atoms with Gasteiger partial charge in [0.1, 0.15) is 0 Å².